The van der Waals surface area contributed by atoms with Crippen molar-refractivity contribution in [3.63, 3.8) is 0 Å². The Labute approximate surface area is 240 Å². The first-order valence-electron chi connectivity index (χ1n) is 11.6. The summed E-state index contributed by atoms with van der Waals surface area (Å²) < 4.78 is 141. The van der Waals surface area contributed by atoms with E-state index in [2.05, 4.69) is 18.0 Å². The fourth-order valence-electron chi connectivity index (χ4n) is 4.78. The first-order valence-corrected chi connectivity index (χ1v) is 14.4. The van der Waals surface area contributed by atoms with Crippen molar-refractivity contribution in [3.8, 4) is 11.5 Å². The fourth-order valence-corrected chi connectivity index (χ4v) is 6.58. The summed E-state index contributed by atoms with van der Waals surface area (Å²) in [6.45, 7) is 0. The van der Waals surface area contributed by atoms with Crippen LogP contribution in [0.4, 0.5) is 26.3 Å². The first-order chi connectivity index (χ1) is 20.2. The molecule has 2 saturated heterocycles. The van der Waals surface area contributed by atoms with Crippen molar-refractivity contribution >= 4 is 43.9 Å². The lowest BCUT2D eigenvalue weighted by molar-refractivity contribution is -0.275. The molecule has 4 amide bonds. The van der Waals surface area contributed by atoms with E-state index in [-0.39, 0.29) is 10.1 Å². The molecule has 0 N–H and O–H groups in total. The lowest BCUT2D eigenvalue weighted by Crippen LogP contribution is -2.50. The number of hydrogen-bond donors (Lipinski definition) is 0. The number of ether oxygens (including phenoxy) is 2. The summed E-state index contributed by atoms with van der Waals surface area (Å²) in [5.41, 5.74) is 0. The van der Waals surface area contributed by atoms with Gasteiger partial charge in [-0.3, -0.25) is 19.2 Å². The van der Waals surface area contributed by atoms with E-state index in [1.807, 2.05) is 0 Å². The van der Waals surface area contributed by atoms with Crippen molar-refractivity contribution in [1.29, 1.82) is 0 Å². The number of carbonyl (C=O) groups is 4. The van der Waals surface area contributed by atoms with Crippen LogP contribution in [0.25, 0.3) is 0 Å². The highest BCUT2D eigenvalue weighted by molar-refractivity contribution is 7.87. The quantitative estimate of drug-likeness (QED) is 0.292. The molecule has 5 rings (SSSR count). The molecule has 3 fully saturated rings. The van der Waals surface area contributed by atoms with Gasteiger partial charge in [0.1, 0.15) is 11.5 Å². The monoisotopic (exact) mass is 674 g/mol. The Bertz CT molecular complexity index is 1600. The highest BCUT2D eigenvalue weighted by Crippen LogP contribution is 2.57. The van der Waals surface area contributed by atoms with Gasteiger partial charge in [-0.25, -0.2) is 0 Å². The summed E-state index contributed by atoms with van der Waals surface area (Å²) in [4.78, 5) is 49.9. The van der Waals surface area contributed by atoms with E-state index in [1.165, 1.54) is 0 Å². The van der Waals surface area contributed by atoms with Gasteiger partial charge in [0.25, 0.3) is 23.6 Å². The van der Waals surface area contributed by atoms with Gasteiger partial charge in [-0.1, -0.05) is 0 Å². The Kier molecular flexibility index (Phi) is 7.18. The zero-order chi connectivity index (χ0) is 32.6. The van der Waals surface area contributed by atoms with Crippen LogP contribution in [-0.2, 0) is 48.0 Å². The molecule has 14 nitrogen and oxygen atoms in total. The number of amides is 4. The van der Waals surface area contributed by atoms with Crippen molar-refractivity contribution < 1.29 is 80.4 Å². The molecule has 1 aliphatic carbocycles. The standard InChI is InChI=1S/C22H12F6N2O12S2/c23-21(24,25)39-9-1-5-11(6-2-9)43(35,36)41-29-17(31)13-14(18(29)32)16-15(13)19(33)30(20(16)34)42-44(37,38)12-7-3-10(4-8-12)40-22(26,27)28/h1-8,13-16H. The van der Waals surface area contributed by atoms with Gasteiger partial charge >= 0.3 is 33.0 Å². The summed E-state index contributed by atoms with van der Waals surface area (Å²) in [5.74, 6) is -13.9. The van der Waals surface area contributed by atoms with Crippen molar-refractivity contribution in [2.45, 2.75) is 22.5 Å². The third kappa shape index (κ3) is 5.55. The molecule has 2 aromatic carbocycles. The summed E-state index contributed by atoms with van der Waals surface area (Å²) in [6.07, 6.45) is -10.2. The molecule has 0 radical (unpaired) electrons. The van der Waals surface area contributed by atoms with E-state index in [0.29, 0.717) is 48.5 Å². The van der Waals surface area contributed by atoms with Gasteiger partial charge in [0.05, 0.1) is 33.5 Å². The highest BCUT2D eigenvalue weighted by Gasteiger charge is 2.75. The molecule has 0 bridgehead atoms. The highest BCUT2D eigenvalue weighted by atomic mass is 32.2. The third-order valence-corrected chi connectivity index (χ3v) is 8.92. The normalized spacial score (nSPS) is 23.9. The topological polar surface area (TPSA) is 180 Å². The summed E-state index contributed by atoms with van der Waals surface area (Å²) >= 11 is 0. The number of nitrogens with zero attached hydrogens (tertiary/aromatic N) is 2. The van der Waals surface area contributed by atoms with Crippen LogP contribution in [0.15, 0.2) is 58.3 Å². The maximum Gasteiger partial charge on any atom is 0.573 e. The Morgan fingerprint density at radius 2 is 0.750 bits per heavy atom. The van der Waals surface area contributed by atoms with Gasteiger partial charge in [0, 0.05) is 0 Å². The SMILES string of the molecule is O=C1C2C(C(=O)N1OS(=O)(=O)c1ccc(OC(F)(F)F)cc1)C1C(=O)N(OS(=O)(=O)c3ccc(OC(F)(F)F)cc3)C(=O)C21. The number of hydroxylamine groups is 4. The minimum Gasteiger partial charge on any atom is -0.406 e. The van der Waals surface area contributed by atoms with Gasteiger partial charge in [0.2, 0.25) is 0 Å². The number of fused-ring (bicyclic) bond motifs is 4. The van der Waals surface area contributed by atoms with Crippen molar-refractivity contribution in [2.24, 2.45) is 23.7 Å². The summed E-state index contributed by atoms with van der Waals surface area (Å²) in [7, 11) is -10.1. The van der Waals surface area contributed by atoms with Crippen LogP contribution in [0.2, 0.25) is 0 Å². The van der Waals surface area contributed by atoms with Crippen molar-refractivity contribution in [3.05, 3.63) is 48.5 Å². The number of imide groups is 2. The van der Waals surface area contributed by atoms with Crippen LogP contribution in [0.3, 0.4) is 0 Å². The average molecular weight is 674 g/mol. The van der Waals surface area contributed by atoms with Crippen LogP contribution < -0.4 is 9.47 Å². The Morgan fingerprint density at radius 1 is 0.500 bits per heavy atom. The lowest BCUT2D eigenvalue weighted by atomic mass is 9.59. The number of rotatable bonds is 8. The fraction of sp³-hybridized carbons (Fsp3) is 0.273. The number of hydrogen-bond acceptors (Lipinski definition) is 12. The molecule has 3 aliphatic rings. The number of halogens is 6. The average Bonchev–Trinajstić information content (AvgIpc) is 3.18. The molecule has 1 saturated carbocycles. The second-order valence-electron chi connectivity index (χ2n) is 9.14. The molecular formula is C22H12F6N2O12S2. The van der Waals surface area contributed by atoms with Crippen LogP contribution >= 0.6 is 0 Å². The second kappa shape index (κ2) is 10.1. The van der Waals surface area contributed by atoms with Gasteiger partial charge in [0.15, 0.2) is 0 Å². The number of alkyl halides is 6. The zero-order valence-corrected chi connectivity index (χ0v) is 22.4. The molecule has 2 aromatic rings. The molecule has 22 heteroatoms. The summed E-state index contributed by atoms with van der Waals surface area (Å²) in [6, 6.07) is 4.89. The Hall–Kier alpha value is -4.28. The van der Waals surface area contributed by atoms with Crippen LogP contribution in [0.5, 0.6) is 11.5 Å². The van der Waals surface area contributed by atoms with Gasteiger partial charge < -0.3 is 9.47 Å². The minimum absolute atomic E-state index is 0.226. The molecule has 236 valence electrons. The molecule has 2 heterocycles. The second-order valence-corrected chi connectivity index (χ2v) is 12.2. The Balaban J connectivity index is 1.29. The minimum atomic E-state index is -5.08. The molecule has 0 spiro atoms. The lowest BCUT2D eigenvalue weighted by Gasteiger charge is -2.35. The van der Waals surface area contributed by atoms with Crippen LogP contribution in [0, 0.1) is 23.7 Å². The maximum atomic E-state index is 12.9. The van der Waals surface area contributed by atoms with Crippen molar-refractivity contribution in [2.75, 3.05) is 0 Å². The Morgan fingerprint density at radius 3 is 0.977 bits per heavy atom. The number of benzene rings is 2. The van der Waals surface area contributed by atoms with Crippen molar-refractivity contribution in [1.82, 2.24) is 10.1 Å². The number of carbonyl (C=O) groups excluding carboxylic acids is 4. The molecule has 0 atom stereocenters. The van der Waals surface area contributed by atoms with E-state index >= 15 is 0 Å². The largest absolute Gasteiger partial charge is 0.573 e. The first kappa shape index (κ1) is 31.2. The molecule has 0 aromatic heterocycles. The van der Waals surface area contributed by atoms with Gasteiger partial charge in [-0.15, -0.1) is 45.0 Å². The maximum absolute atomic E-state index is 12.9. The third-order valence-electron chi connectivity index (χ3n) is 6.53. The van der Waals surface area contributed by atoms with Crippen LogP contribution in [-0.4, -0.2) is 63.3 Å². The van der Waals surface area contributed by atoms with E-state index in [4.69, 9.17) is 0 Å². The van der Waals surface area contributed by atoms with Gasteiger partial charge in [-0.05, 0) is 48.5 Å². The predicted molar refractivity (Wildman–Crippen MR) is 120 cm³/mol. The smallest absolute Gasteiger partial charge is 0.406 e. The predicted octanol–water partition coefficient (Wildman–Crippen LogP) is 1.64. The molecule has 2 aliphatic heterocycles. The van der Waals surface area contributed by atoms with E-state index in [9.17, 15) is 62.4 Å². The molecule has 44 heavy (non-hydrogen) atoms. The van der Waals surface area contributed by atoms with E-state index in [0.717, 1.165) is 0 Å². The zero-order valence-electron chi connectivity index (χ0n) is 20.8. The summed E-state index contributed by atoms with van der Waals surface area (Å²) in [5, 5.41) is -0.452. The van der Waals surface area contributed by atoms with E-state index in [1.54, 1.807) is 0 Å². The molecular weight excluding hydrogens is 662 g/mol. The molecule has 0 unspecified atom stereocenters. The van der Waals surface area contributed by atoms with Crippen LogP contribution in [0.1, 0.15) is 0 Å². The van der Waals surface area contributed by atoms with E-state index < -0.39 is 102 Å². The van der Waals surface area contributed by atoms with Gasteiger partial charge in [-0.2, -0.15) is 16.8 Å².